The number of morpholine rings is 1. The molecule has 1 saturated carbocycles. The first-order chi connectivity index (χ1) is 9.33. The van der Waals surface area contributed by atoms with Crippen LogP contribution in [0.3, 0.4) is 0 Å². The molecule has 110 valence electrons. The quantitative estimate of drug-likeness (QED) is 0.840. The first-order valence-corrected chi connectivity index (χ1v) is 7.96. The molecule has 1 aliphatic carbocycles. The Labute approximate surface area is 116 Å². The van der Waals surface area contributed by atoms with Crippen LogP contribution in [0.2, 0.25) is 0 Å². The smallest absolute Gasteiger partial charge is 0.0730 e. The predicted molar refractivity (Wildman–Crippen MR) is 75.1 cm³/mol. The average Bonchev–Trinajstić information content (AvgIpc) is 2.49. The molecular formula is C15H28N2O2. The van der Waals surface area contributed by atoms with Crippen LogP contribution in [0.1, 0.15) is 38.5 Å². The predicted octanol–water partition coefficient (Wildman–Crippen LogP) is 1.39. The number of ether oxygens (including phenoxy) is 2. The van der Waals surface area contributed by atoms with Crippen molar-refractivity contribution in [3.05, 3.63) is 0 Å². The van der Waals surface area contributed by atoms with E-state index in [2.05, 4.69) is 4.90 Å². The lowest BCUT2D eigenvalue weighted by Gasteiger charge is -2.48. The molecule has 2 heterocycles. The maximum atomic E-state index is 6.11. The highest BCUT2D eigenvalue weighted by molar-refractivity contribution is 4.93. The zero-order valence-electron chi connectivity index (χ0n) is 12.0. The topological polar surface area (TPSA) is 47.7 Å². The lowest BCUT2D eigenvalue weighted by molar-refractivity contribution is -0.107. The minimum Gasteiger partial charge on any atom is -0.381 e. The van der Waals surface area contributed by atoms with Crippen LogP contribution in [-0.4, -0.2) is 56.5 Å². The van der Waals surface area contributed by atoms with Crippen LogP contribution >= 0.6 is 0 Å². The molecule has 0 aromatic rings. The Morgan fingerprint density at radius 3 is 2.68 bits per heavy atom. The van der Waals surface area contributed by atoms with Gasteiger partial charge in [0.1, 0.15) is 0 Å². The van der Waals surface area contributed by atoms with Crippen molar-refractivity contribution >= 4 is 0 Å². The van der Waals surface area contributed by atoms with Gasteiger partial charge in [0.15, 0.2) is 0 Å². The normalized spacial score (nSPS) is 35.8. The monoisotopic (exact) mass is 268 g/mol. The molecule has 0 amide bonds. The molecule has 19 heavy (non-hydrogen) atoms. The summed E-state index contributed by atoms with van der Waals surface area (Å²) < 4.78 is 11.5. The van der Waals surface area contributed by atoms with E-state index in [-0.39, 0.29) is 5.41 Å². The van der Waals surface area contributed by atoms with Crippen molar-refractivity contribution < 1.29 is 9.47 Å². The molecule has 0 aromatic carbocycles. The Bertz CT molecular complexity index is 290. The van der Waals surface area contributed by atoms with Crippen molar-refractivity contribution in [1.82, 2.24) is 4.90 Å². The van der Waals surface area contributed by atoms with E-state index in [0.717, 1.165) is 52.3 Å². The first kappa shape index (κ1) is 13.8. The number of nitrogens with zero attached hydrogens (tertiary/aromatic N) is 1. The number of nitrogens with two attached hydrogens (primary N) is 1. The summed E-state index contributed by atoms with van der Waals surface area (Å²) in [7, 11) is 0. The van der Waals surface area contributed by atoms with E-state index in [1.54, 1.807) is 0 Å². The highest BCUT2D eigenvalue weighted by Gasteiger charge is 2.39. The second-order valence-corrected chi connectivity index (χ2v) is 6.55. The summed E-state index contributed by atoms with van der Waals surface area (Å²) in [5, 5.41) is 0. The molecule has 3 aliphatic rings. The van der Waals surface area contributed by atoms with Crippen LogP contribution < -0.4 is 5.73 Å². The zero-order chi connectivity index (χ0) is 13.1. The van der Waals surface area contributed by atoms with Crippen molar-refractivity contribution in [2.75, 3.05) is 39.5 Å². The summed E-state index contributed by atoms with van der Waals surface area (Å²) in [6.07, 6.45) is 7.99. The number of hydrogen-bond acceptors (Lipinski definition) is 4. The fraction of sp³-hybridized carbons (Fsp3) is 1.00. The van der Waals surface area contributed by atoms with Gasteiger partial charge in [-0.1, -0.05) is 12.8 Å². The van der Waals surface area contributed by atoms with Gasteiger partial charge in [-0.05, 0) is 37.6 Å². The fourth-order valence-corrected chi connectivity index (χ4v) is 4.03. The molecule has 4 nitrogen and oxygen atoms in total. The summed E-state index contributed by atoms with van der Waals surface area (Å²) in [4.78, 5) is 2.69. The molecule has 0 aromatic heterocycles. The van der Waals surface area contributed by atoms with Gasteiger partial charge >= 0.3 is 0 Å². The van der Waals surface area contributed by atoms with E-state index >= 15 is 0 Å². The third kappa shape index (κ3) is 2.97. The van der Waals surface area contributed by atoms with Gasteiger partial charge in [-0.2, -0.15) is 0 Å². The Kier molecular flexibility index (Phi) is 4.42. The van der Waals surface area contributed by atoms with Gasteiger partial charge in [0.2, 0.25) is 0 Å². The largest absolute Gasteiger partial charge is 0.381 e. The van der Waals surface area contributed by atoms with Crippen molar-refractivity contribution in [3.8, 4) is 0 Å². The number of rotatable bonds is 3. The van der Waals surface area contributed by atoms with E-state index in [1.165, 1.54) is 25.7 Å². The van der Waals surface area contributed by atoms with E-state index in [4.69, 9.17) is 15.2 Å². The maximum Gasteiger partial charge on any atom is 0.0730 e. The minimum atomic E-state index is 0.289. The lowest BCUT2D eigenvalue weighted by Crippen LogP contribution is -2.57. The Hall–Kier alpha value is -0.160. The molecule has 2 unspecified atom stereocenters. The summed E-state index contributed by atoms with van der Waals surface area (Å²) in [6.45, 7) is 5.70. The molecule has 2 atom stereocenters. The van der Waals surface area contributed by atoms with E-state index < -0.39 is 0 Å². The maximum absolute atomic E-state index is 6.11. The van der Waals surface area contributed by atoms with Crippen molar-refractivity contribution in [2.45, 2.75) is 50.7 Å². The van der Waals surface area contributed by atoms with Gasteiger partial charge in [0.25, 0.3) is 0 Å². The van der Waals surface area contributed by atoms with Gasteiger partial charge < -0.3 is 15.2 Å². The molecule has 2 N–H and O–H groups in total. The SMILES string of the molecule is NCC1(CN2CCOC3CCCCC32)CCOCC1. The summed E-state index contributed by atoms with van der Waals surface area (Å²) in [6, 6.07) is 0.647. The van der Waals surface area contributed by atoms with Gasteiger partial charge in [0.05, 0.1) is 12.7 Å². The van der Waals surface area contributed by atoms with Gasteiger partial charge in [-0.15, -0.1) is 0 Å². The minimum absolute atomic E-state index is 0.289. The van der Waals surface area contributed by atoms with E-state index in [1.807, 2.05) is 0 Å². The van der Waals surface area contributed by atoms with Crippen LogP contribution in [0.15, 0.2) is 0 Å². The molecule has 3 rings (SSSR count). The third-order valence-electron chi connectivity index (χ3n) is 5.37. The lowest BCUT2D eigenvalue weighted by atomic mass is 9.78. The number of hydrogen-bond donors (Lipinski definition) is 1. The van der Waals surface area contributed by atoms with Crippen LogP contribution in [0.4, 0.5) is 0 Å². The van der Waals surface area contributed by atoms with Gasteiger partial charge in [-0.3, -0.25) is 4.90 Å². The first-order valence-electron chi connectivity index (χ1n) is 7.96. The Morgan fingerprint density at radius 2 is 1.89 bits per heavy atom. The molecule has 2 aliphatic heterocycles. The number of fused-ring (bicyclic) bond motifs is 1. The third-order valence-corrected chi connectivity index (χ3v) is 5.37. The summed E-state index contributed by atoms with van der Waals surface area (Å²) >= 11 is 0. The molecule has 2 saturated heterocycles. The molecule has 0 radical (unpaired) electrons. The second kappa shape index (κ2) is 6.08. The standard InChI is InChI=1S/C15H28N2O2/c16-11-15(5-8-18-9-6-15)12-17-7-10-19-14-4-2-1-3-13(14)17/h13-14H,1-12,16H2. The van der Waals surface area contributed by atoms with Crippen LogP contribution in [-0.2, 0) is 9.47 Å². The van der Waals surface area contributed by atoms with E-state index in [0.29, 0.717) is 12.1 Å². The van der Waals surface area contributed by atoms with Crippen molar-refractivity contribution in [3.63, 3.8) is 0 Å². The van der Waals surface area contributed by atoms with Crippen LogP contribution in [0, 0.1) is 5.41 Å². The highest BCUT2D eigenvalue weighted by Crippen LogP contribution is 2.35. The fourth-order valence-electron chi connectivity index (χ4n) is 4.03. The second-order valence-electron chi connectivity index (χ2n) is 6.55. The molecule has 0 bridgehead atoms. The van der Waals surface area contributed by atoms with E-state index in [9.17, 15) is 0 Å². The van der Waals surface area contributed by atoms with Crippen LogP contribution in [0.25, 0.3) is 0 Å². The van der Waals surface area contributed by atoms with Crippen molar-refractivity contribution in [1.29, 1.82) is 0 Å². The van der Waals surface area contributed by atoms with Gasteiger partial charge in [-0.25, -0.2) is 0 Å². The Morgan fingerprint density at radius 1 is 1.11 bits per heavy atom. The highest BCUT2D eigenvalue weighted by atomic mass is 16.5. The zero-order valence-corrected chi connectivity index (χ0v) is 12.0. The van der Waals surface area contributed by atoms with Crippen LogP contribution in [0.5, 0.6) is 0 Å². The average molecular weight is 268 g/mol. The molecule has 0 spiro atoms. The summed E-state index contributed by atoms with van der Waals surface area (Å²) in [5.74, 6) is 0. The Balaban J connectivity index is 1.66. The molecule has 3 fully saturated rings. The van der Waals surface area contributed by atoms with Gasteiger partial charge in [0, 0.05) is 32.3 Å². The van der Waals surface area contributed by atoms with Crippen molar-refractivity contribution in [2.24, 2.45) is 11.1 Å². The molecule has 4 heteroatoms. The molecular weight excluding hydrogens is 240 g/mol. The summed E-state index contributed by atoms with van der Waals surface area (Å²) in [5.41, 5.74) is 6.40.